The monoisotopic (exact) mass is 406 g/mol. The molecule has 0 aromatic heterocycles. The van der Waals surface area contributed by atoms with E-state index in [9.17, 15) is 5.11 Å². The lowest BCUT2D eigenvalue weighted by molar-refractivity contribution is -0.0502. The van der Waals surface area contributed by atoms with E-state index in [4.69, 9.17) is 9.47 Å². The minimum Gasteiger partial charge on any atom is -0.394 e. The lowest BCUT2D eigenvalue weighted by Crippen LogP contribution is -2.24. The van der Waals surface area contributed by atoms with Gasteiger partial charge in [0.05, 0.1) is 19.8 Å². The van der Waals surface area contributed by atoms with Crippen molar-refractivity contribution in [3.63, 3.8) is 0 Å². The summed E-state index contributed by atoms with van der Waals surface area (Å²) >= 11 is 0. The Labute approximate surface area is 180 Å². The van der Waals surface area contributed by atoms with E-state index in [-0.39, 0.29) is 12.7 Å². The zero-order valence-electron chi connectivity index (χ0n) is 19.0. The van der Waals surface area contributed by atoms with Crippen LogP contribution >= 0.6 is 0 Å². The van der Waals surface area contributed by atoms with E-state index in [1.54, 1.807) is 0 Å². The molecule has 0 aliphatic heterocycles. The van der Waals surface area contributed by atoms with Gasteiger partial charge in [-0.05, 0) is 12.0 Å². The van der Waals surface area contributed by atoms with Crippen LogP contribution in [0.4, 0.5) is 0 Å². The molecule has 1 rings (SSSR count). The maximum atomic E-state index is 9.42. The van der Waals surface area contributed by atoms with Crippen LogP contribution in [0.5, 0.6) is 0 Å². The number of aliphatic hydroxyl groups is 1. The molecule has 0 aliphatic carbocycles. The third-order valence-corrected chi connectivity index (χ3v) is 5.48. The summed E-state index contributed by atoms with van der Waals surface area (Å²) in [7, 11) is 0. The van der Waals surface area contributed by atoms with E-state index in [2.05, 4.69) is 6.92 Å². The van der Waals surface area contributed by atoms with Crippen LogP contribution in [0.1, 0.15) is 102 Å². The Hall–Kier alpha value is -0.900. The van der Waals surface area contributed by atoms with Gasteiger partial charge < -0.3 is 14.6 Å². The summed E-state index contributed by atoms with van der Waals surface area (Å²) < 4.78 is 11.4. The number of aliphatic hydroxyl groups excluding tert-OH is 1. The molecule has 29 heavy (non-hydrogen) atoms. The Morgan fingerprint density at radius 1 is 0.724 bits per heavy atom. The lowest BCUT2D eigenvalue weighted by atomic mass is 10.0. The topological polar surface area (TPSA) is 38.7 Å². The number of unbranched alkanes of at least 4 members (excludes halogenated alkanes) is 13. The molecule has 1 aromatic carbocycles. The Balaban J connectivity index is 1.81. The number of rotatable bonds is 21. The molecule has 0 aliphatic rings. The summed E-state index contributed by atoms with van der Waals surface area (Å²) in [5.74, 6) is 0. The Morgan fingerprint density at radius 2 is 1.24 bits per heavy atom. The Kier molecular flexibility index (Phi) is 18.4. The average molecular weight is 407 g/mol. The Bertz CT molecular complexity index is 435. The fourth-order valence-electron chi connectivity index (χ4n) is 3.56. The first-order valence-electron chi connectivity index (χ1n) is 12.2. The predicted molar refractivity (Wildman–Crippen MR) is 123 cm³/mol. The van der Waals surface area contributed by atoms with Gasteiger partial charge in [-0.25, -0.2) is 0 Å². The molecule has 0 heterocycles. The zero-order valence-corrected chi connectivity index (χ0v) is 19.0. The maximum absolute atomic E-state index is 9.42. The standard InChI is InChI=1S/C26H46O3/c1-2-3-4-5-6-7-8-9-10-11-12-13-14-18-21-28-24-26(22-27)29-23-25-19-16-15-17-20-25/h15-17,19-20,26-27H,2-14,18,21-24H2,1H3/t26-/m0/s1. The molecule has 0 saturated heterocycles. The van der Waals surface area contributed by atoms with Crippen molar-refractivity contribution in [2.45, 2.75) is 110 Å². The molecule has 0 saturated carbocycles. The maximum Gasteiger partial charge on any atom is 0.104 e. The highest BCUT2D eigenvalue weighted by Gasteiger charge is 2.08. The second-order valence-electron chi connectivity index (χ2n) is 8.27. The molecule has 1 aromatic rings. The molecule has 168 valence electrons. The van der Waals surface area contributed by atoms with Crippen LogP contribution in [0.2, 0.25) is 0 Å². The predicted octanol–water partition coefficient (Wildman–Crippen LogP) is 7.06. The van der Waals surface area contributed by atoms with Crippen molar-refractivity contribution < 1.29 is 14.6 Å². The van der Waals surface area contributed by atoms with Crippen LogP contribution in [-0.4, -0.2) is 31.0 Å². The minimum absolute atomic E-state index is 0.00553. The molecule has 0 amide bonds. The van der Waals surface area contributed by atoms with Crippen LogP contribution in [0.15, 0.2) is 30.3 Å². The van der Waals surface area contributed by atoms with Crippen LogP contribution in [0, 0.1) is 0 Å². The van der Waals surface area contributed by atoms with Crippen molar-refractivity contribution in [2.75, 3.05) is 19.8 Å². The second kappa shape index (κ2) is 20.4. The highest BCUT2D eigenvalue weighted by molar-refractivity contribution is 5.13. The van der Waals surface area contributed by atoms with Crippen molar-refractivity contribution in [3.8, 4) is 0 Å². The molecular formula is C26H46O3. The summed E-state index contributed by atoms with van der Waals surface area (Å²) in [5, 5.41) is 9.42. The number of benzene rings is 1. The van der Waals surface area contributed by atoms with E-state index < -0.39 is 0 Å². The molecule has 0 bridgehead atoms. The van der Waals surface area contributed by atoms with Crippen molar-refractivity contribution in [1.82, 2.24) is 0 Å². The molecule has 3 heteroatoms. The van der Waals surface area contributed by atoms with Gasteiger partial charge >= 0.3 is 0 Å². The van der Waals surface area contributed by atoms with E-state index >= 15 is 0 Å². The van der Waals surface area contributed by atoms with Crippen molar-refractivity contribution in [2.24, 2.45) is 0 Å². The van der Waals surface area contributed by atoms with E-state index in [1.807, 2.05) is 30.3 Å². The molecule has 0 fully saturated rings. The zero-order chi connectivity index (χ0) is 20.8. The third kappa shape index (κ3) is 16.6. The molecule has 0 unspecified atom stereocenters. The van der Waals surface area contributed by atoms with Crippen molar-refractivity contribution >= 4 is 0 Å². The summed E-state index contributed by atoms with van der Waals surface area (Å²) in [6, 6.07) is 10.1. The van der Waals surface area contributed by atoms with Gasteiger partial charge in [0, 0.05) is 6.61 Å². The van der Waals surface area contributed by atoms with Crippen LogP contribution < -0.4 is 0 Å². The van der Waals surface area contributed by atoms with Crippen LogP contribution in [0.25, 0.3) is 0 Å². The van der Waals surface area contributed by atoms with Gasteiger partial charge in [-0.1, -0.05) is 121 Å². The average Bonchev–Trinajstić information content (AvgIpc) is 2.76. The molecule has 3 nitrogen and oxygen atoms in total. The van der Waals surface area contributed by atoms with Gasteiger partial charge in [-0.2, -0.15) is 0 Å². The molecular weight excluding hydrogens is 360 g/mol. The van der Waals surface area contributed by atoms with Gasteiger partial charge in [0.1, 0.15) is 6.10 Å². The smallest absolute Gasteiger partial charge is 0.104 e. The minimum atomic E-state index is -0.234. The number of hydrogen-bond acceptors (Lipinski definition) is 3. The van der Waals surface area contributed by atoms with E-state index in [1.165, 1.54) is 83.5 Å². The normalized spacial score (nSPS) is 12.3. The summed E-state index contributed by atoms with van der Waals surface area (Å²) in [6.45, 7) is 4.05. The van der Waals surface area contributed by atoms with Gasteiger partial charge in [-0.15, -0.1) is 0 Å². The first-order chi connectivity index (χ1) is 14.4. The van der Waals surface area contributed by atoms with E-state index in [0.717, 1.165) is 18.6 Å². The fraction of sp³-hybridized carbons (Fsp3) is 0.769. The summed E-state index contributed by atoms with van der Waals surface area (Å²) in [6.07, 6.45) is 18.9. The fourth-order valence-corrected chi connectivity index (χ4v) is 3.56. The highest BCUT2D eigenvalue weighted by Crippen LogP contribution is 2.13. The van der Waals surface area contributed by atoms with Crippen molar-refractivity contribution in [1.29, 1.82) is 0 Å². The lowest BCUT2D eigenvalue weighted by Gasteiger charge is -2.15. The molecule has 1 N–H and O–H groups in total. The first-order valence-corrected chi connectivity index (χ1v) is 12.2. The van der Waals surface area contributed by atoms with Crippen LogP contribution in [-0.2, 0) is 16.1 Å². The summed E-state index contributed by atoms with van der Waals surface area (Å²) in [5.41, 5.74) is 1.12. The largest absolute Gasteiger partial charge is 0.394 e. The van der Waals surface area contributed by atoms with Gasteiger partial charge in [0.25, 0.3) is 0 Å². The SMILES string of the molecule is CCCCCCCCCCCCCCCCOC[C@H](CO)OCc1ccccc1. The number of hydrogen-bond donors (Lipinski definition) is 1. The molecule has 0 spiro atoms. The van der Waals surface area contributed by atoms with E-state index in [0.29, 0.717) is 13.2 Å². The summed E-state index contributed by atoms with van der Waals surface area (Å²) in [4.78, 5) is 0. The Morgan fingerprint density at radius 3 is 1.76 bits per heavy atom. The third-order valence-electron chi connectivity index (χ3n) is 5.48. The quantitative estimate of drug-likeness (QED) is 0.222. The first kappa shape index (κ1) is 26.1. The second-order valence-corrected chi connectivity index (χ2v) is 8.27. The van der Waals surface area contributed by atoms with Gasteiger partial charge in [0.15, 0.2) is 0 Å². The van der Waals surface area contributed by atoms with Gasteiger partial charge in [0.2, 0.25) is 0 Å². The highest BCUT2D eigenvalue weighted by atomic mass is 16.5. The molecule has 1 atom stereocenters. The number of ether oxygens (including phenoxy) is 2. The van der Waals surface area contributed by atoms with Crippen LogP contribution in [0.3, 0.4) is 0 Å². The van der Waals surface area contributed by atoms with Gasteiger partial charge in [-0.3, -0.25) is 0 Å². The molecule has 0 radical (unpaired) electrons. The van der Waals surface area contributed by atoms with Crippen molar-refractivity contribution in [3.05, 3.63) is 35.9 Å².